The number of nitrogens with zero attached hydrogens (tertiary/aromatic N) is 1. The lowest BCUT2D eigenvalue weighted by atomic mass is 10.0. The van der Waals surface area contributed by atoms with Crippen LogP contribution in [0.5, 0.6) is 5.75 Å². The van der Waals surface area contributed by atoms with Crippen molar-refractivity contribution in [2.45, 2.75) is 46.3 Å². The third-order valence-corrected chi connectivity index (χ3v) is 3.53. The molecule has 19 heavy (non-hydrogen) atoms. The second-order valence-corrected chi connectivity index (χ2v) is 5.66. The zero-order valence-electron chi connectivity index (χ0n) is 13.0. The Bertz CT molecular complexity index is 402. The van der Waals surface area contributed by atoms with Gasteiger partial charge < -0.3 is 14.7 Å². The van der Waals surface area contributed by atoms with Gasteiger partial charge in [0.2, 0.25) is 0 Å². The van der Waals surface area contributed by atoms with Crippen LogP contribution in [0.3, 0.4) is 0 Å². The molecule has 3 heteroatoms. The third-order valence-electron chi connectivity index (χ3n) is 3.53. The molecule has 0 aliphatic carbocycles. The zero-order chi connectivity index (χ0) is 14.6. The molecular formula is C16H27NO2. The summed E-state index contributed by atoms with van der Waals surface area (Å²) >= 11 is 0. The maximum atomic E-state index is 10.0. The molecule has 1 unspecified atom stereocenters. The van der Waals surface area contributed by atoms with Crippen molar-refractivity contribution in [3.8, 4) is 5.75 Å². The lowest BCUT2D eigenvalue weighted by molar-refractivity contribution is 0.194. The molecule has 2 atom stereocenters. The van der Waals surface area contributed by atoms with E-state index in [0.717, 1.165) is 23.4 Å². The summed E-state index contributed by atoms with van der Waals surface area (Å²) in [4.78, 5) is 2.23. The number of ether oxygens (including phenoxy) is 1. The van der Waals surface area contributed by atoms with E-state index in [2.05, 4.69) is 32.7 Å². The van der Waals surface area contributed by atoms with Crippen LogP contribution in [0.2, 0.25) is 0 Å². The van der Waals surface area contributed by atoms with Gasteiger partial charge in [0, 0.05) is 24.3 Å². The molecule has 0 heterocycles. The van der Waals surface area contributed by atoms with E-state index in [4.69, 9.17) is 4.74 Å². The average Bonchev–Trinajstić information content (AvgIpc) is 2.35. The van der Waals surface area contributed by atoms with Crippen LogP contribution >= 0.6 is 0 Å². The molecule has 0 amide bonds. The van der Waals surface area contributed by atoms with Crippen LogP contribution in [-0.2, 0) is 0 Å². The lowest BCUT2D eigenvalue weighted by Gasteiger charge is -2.31. The number of benzene rings is 1. The van der Waals surface area contributed by atoms with Crippen molar-refractivity contribution in [1.29, 1.82) is 0 Å². The maximum absolute atomic E-state index is 10.0. The van der Waals surface area contributed by atoms with Gasteiger partial charge in [0.25, 0.3) is 0 Å². The fraction of sp³-hybridized carbons (Fsp3) is 0.625. The third kappa shape index (κ3) is 3.87. The minimum atomic E-state index is -0.542. The van der Waals surface area contributed by atoms with Gasteiger partial charge in [-0.15, -0.1) is 0 Å². The molecule has 1 rings (SSSR count). The Morgan fingerprint density at radius 1 is 1.21 bits per heavy atom. The molecule has 0 aliphatic heterocycles. The number of rotatable bonds is 6. The SMILES string of the molecule is COc1cccc(N(C)C(C)CC(C)C)c1[C@H](C)O. The van der Waals surface area contributed by atoms with Gasteiger partial charge in [0.05, 0.1) is 13.2 Å². The monoisotopic (exact) mass is 265 g/mol. The Kier molecular flexibility index (Phi) is 5.67. The van der Waals surface area contributed by atoms with Crippen molar-refractivity contribution in [3.05, 3.63) is 23.8 Å². The van der Waals surface area contributed by atoms with Crippen LogP contribution in [-0.4, -0.2) is 25.3 Å². The number of methoxy groups -OCH3 is 1. The summed E-state index contributed by atoms with van der Waals surface area (Å²) in [5, 5.41) is 10.0. The van der Waals surface area contributed by atoms with Gasteiger partial charge in [-0.05, 0) is 38.3 Å². The standard InChI is InChI=1S/C16H27NO2/c1-11(2)10-12(3)17(5)14-8-7-9-15(19-6)16(14)13(4)18/h7-9,11-13,18H,10H2,1-6H3/t12?,13-/m0/s1. The number of hydrogen-bond donors (Lipinski definition) is 1. The molecule has 0 aliphatic rings. The fourth-order valence-electron chi connectivity index (χ4n) is 2.52. The van der Waals surface area contributed by atoms with Gasteiger partial charge in [0.1, 0.15) is 5.75 Å². The number of aliphatic hydroxyl groups excluding tert-OH is 1. The van der Waals surface area contributed by atoms with E-state index in [1.807, 2.05) is 18.2 Å². The van der Waals surface area contributed by atoms with Crippen molar-refractivity contribution < 1.29 is 9.84 Å². The number of aliphatic hydroxyl groups is 1. The van der Waals surface area contributed by atoms with Gasteiger partial charge in [-0.3, -0.25) is 0 Å². The first kappa shape index (κ1) is 15.8. The molecule has 1 aromatic carbocycles. The smallest absolute Gasteiger partial charge is 0.126 e. The Morgan fingerprint density at radius 2 is 1.84 bits per heavy atom. The summed E-state index contributed by atoms with van der Waals surface area (Å²) in [6.07, 6.45) is 0.576. The molecule has 0 saturated heterocycles. The lowest BCUT2D eigenvalue weighted by Crippen LogP contribution is -2.31. The van der Waals surface area contributed by atoms with Gasteiger partial charge in [-0.1, -0.05) is 19.9 Å². The van der Waals surface area contributed by atoms with Crippen LogP contribution < -0.4 is 9.64 Å². The van der Waals surface area contributed by atoms with Gasteiger partial charge >= 0.3 is 0 Å². The molecule has 1 aromatic rings. The highest BCUT2D eigenvalue weighted by Gasteiger charge is 2.20. The molecule has 108 valence electrons. The summed E-state index contributed by atoms with van der Waals surface area (Å²) in [7, 11) is 3.72. The van der Waals surface area contributed by atoms with E-state index >= 15 is 0 Å². The maximum Gasteiger partial charge on any atom is 0.126 e. The summed E-state index contributed by atoms with van der Waals surface area (Å²) in [5.41, 5.74) is 1.91. The molecule has 0 spiro atoms. The highest BCUT2D eigenvalue weighted by atomic mass is 16.5. The van der Waals surface area contributed by atoms with Crippen LogP contribution in [0.15, 0.2) is 18.2 Å². The predicted molar refractivity (Wildman–Crippen MR) is 80.9 cm³/mol. The normalized spacial score (nSPS) is 14.3. The zero-order valence-corrected chi connectivity index (χ0v) is 13.0. The van der Waals surface area contributed by atoms with E-state index in [1.54, 1.807) is 14.0 Å². The first-order valence-electron chi connectivity index (χ1n) is 6.96. The molecule has 0 aromatic heterocycles. The van der Waals surface area contributed by atoms with Crippen LogP contribution in [0.4, 0.5) is 5.69 Å². The Balaban J connectivity index is 3.11. The van der Waals surface area contributed by atoms with Crippen molar-refractivity contribution in [1.82, 2.24) is 0 Å². The quantitative estimate of drug-likeness (QED) is 0.852. The van der Waals surface area contributed by atoms with E-state index in [9.17, 15) is 5.11 Å². The molecule has 3 nitrogen and oxygen atoms in total. The minimum Gasteiger partial charge on any atom is -0.496 e. The average molecular weight is 265 g/mol. The van der Waals surface area contributed by atoms with Crippen LogP contribution in [0, 0.1) is 5.92 Å². The molecule has 0 radical (unpaired) electrons. The Hall–Kier alpha value is -1.22. The molecular weight excluding hydrogens is 238 g/mol. The van der Waals surface area contributed by atoms with Crippen LogP contribution in [0.25, 0.3) is 0 Å². The molecule has 0 saturated carbocycles. The topological polar surface area (TPSA) is 32.7 Å². The molecule has 1 N–H and O–H groups in total. The minimum absolute atomic E-state index is 0.421. The molecule has 0 fully saturated rings. The van der Waals surface area contributed by atoms with Gasteiger partial charge in [-0.25, -0.2) is 0 Å². The van der Waals surface area contributed by atoms with E-state index < -0.39 is 6.10 Å². The summed E-state index contributed by atoms with van der Waals surface area (Å²) in [5.74, 6) is 1.40. The van der Waals surface area contributed by atoms with Gasteiger partial charge in [0.15, 0.2) is 0 Å². The second-order valence-electron chi connectivity index (χ2n) is 5.66. The van der Waals surface area contributed by atoms with Crippen molar-refractivity contribution in [3.63, 3.8) is 0 Å². The number of anilines is 1. The highest BCUT2D eigenvalue weighted by molar-refractivity contribution is 5.60. The second kappa shape index (κ2) is 6.80. The Labute approximate surface area is 117 Å². The van der Waals surface area contributed by atoms with E-state index in [-0.39, 0.29) is 0 Å². The first-order valence-corrected chi connectivity index (χ1v) is 6.96. The Morgan fingerprint density at radius 3 is 2.32 bits per heavy atom. The van der Waals surface area contributed by atoms with E-state index in [0.29, 0.717) is 12.0 Å². The number of hydrogen-bond acceptors (Lipinski definition) is 3. The molecule has 0 bridgehead atoms. The van der Waals surface area contributed by atoms with Crippen molar-refractivity contribution >= 4 is 5.69 Å². The largest absolute Gasteiger partial charge is 0.496 e. The summed E-state index contributed by atoms with van der Waals surface area (Å²) in [6.45, 7) is 8.45. The van der Waals surface area contributed by atoms with Crippen molar-refractivity contribution in [2.75, 3.05) is 19.1 Å². The van der Waals surface area contributed by atoms with Crippen molar-refractivity contribution in [2.24, 2.45) is 5.92 Å². The van der Waals surface area contributed by atoms with E-state index in [1.165, 1.54) is 0 Å². The summed E-state index contributed by atoms with van der Waals surface area (Å²) < 4.78 is 5.37. The van der Waals surface area contributed by atoms with Gasteiger partial charge in [-0.2, -0.15) is 0 Å². The van der Waals surface area contributed by atoms with Crippen LogP contribution in [0.1, 0.15) is 45.8 Å². The highest BCUT2D eigenvalue weighted by Crippen LogP contribution is 2.35. The summed E-state index contributed by atoms with van der Waals surface area (Å²) in [6, 6.07) is 6.33. The fourth-order valence-corrected chi connectivity index (χ4v) is 2.52. The predicted octanol–water partition coefficient (Wildman–Crippen LogP) is 3.62. The first-order chi connectivity index (χ1) is 8.88.